The molecule has 0 amide bonds. The summed E-state index contributed by atoms with van der Waals surface area (Å²) < 4.78 is 5.61. The fourth-order valence-corrected chi connectivity index (χ4v) is 1.76. The highest BCUT2D eigenvalue weighted by Gasteiger charge is 2.29. The van der Waals surface area contributed by atoms with Crippen LogP contribution in [0.1, 0.15) is 38.2 Å². The predicted molar refractivity (Wildman–Crippen MR) is 63.8 cm³/mol. The number of hydrogen-bond donors (Lipinski definition) is 0. The normalized spacial score (nSPS) is 15.2. The van der Waals surface area contributed by atoms with E-state index in [1.807, 2.05) is 18.2 Å². The predicted octanol–water partition coefficient (Wildman–Crippen LogP) is 3.17. The van der Waals surface area contributed by atoms with Crippen LogP contribution in [0.2, 0.25) is 0 Å². The van der Waals surface area contributed by atoms with E-state index in [1.165, 1.54) is 5.56 Å². The van der Waals surface area contributed by atoms with Crippen LogP contribution in [-0.2, 0) is 4.79 Å². The SMILES string of the molecule is CC(C)c1ccccc1OCC(=O)C1CC1. The quantitative estimate of drug-likeness (QED) is 0.758. The van der Waals surface area contributed by atoms with Gasteiger partial charge in [0.15, 0.2) is 5.78 Å². The average Bonchev–Trinajstić information content (AvgIpc) is 3.10. The van der Waals surface area contributed by atoms with E-state index in [1.54, 1.807) is 0 Å². The van der Waals surface area contributed by atoms with Crippen LogP contribution in [-0.4, -0.2) is 12.4 Å². The Morgan fingerprint density at radius 2 is 2.06 bits per heavy atom. The lowest BCUT2D eigenvalue weighted by atomic mass is 10.0. The lowest BCUT2D eigenvalue weighted by molar-refractivity contribution is -0.122. The molecular weight excluding hydrogens is 200 g/mol. The summed E-state index contributed by atoms with van der Waals surface area (Å²) in [5, 5.41) is 0. The fraction of sp³-hybridized carbons (Fsp3) is 0.500. The third-order valence-electron chi connectivity index (χ3n) is 2.94. The first-order valence-electron chi connectivity index (χ1n) is 5.93. The lowest BCUT2D eigenvalue weighted by Gasteiger charge is -2.13. The number of para-hydroxylation sites is 1. The summed E-state index contributed by atoms with van der Waals surface area (Å²) in [6.45, 7) is 4.49. The molecule has 1 aromatic carbocycles. The van der Waals surface area contributed by atoms with Gasteiger partial charge >= 0.3 is 0 Å². The van der Waals surface area contributed by atoms with Crippen LogP contribution >= 0.6 is 0 Å². The van der Waals surface area contributed by atoms with Gasteiger partial charge in [-0.25, -0.2) is 0 Å². The van der Waals surface area contributed by atoms with E-state index < -0.39 is 0 Å². The molecule has 1 aliphatic rings. The largest absolute Gasteiger partial charge is 0.486 e. The first-order valence-corrected chi connectivity index (χ1v) is 5.93. The highest BCUT2D eigenvalue weighted by atomic mass is 16.5. The average molecular weight is 218 g/mol. The van der Waals surface area contributed by atoms with Crippen molar-refractivity contribution in [3.05, 3.63) is 29.8 Å². The minimum Gasteiger partial charge on any atom is -0.486 e. The Hall–Kier alpha value is -1.31. The van der Waals surface area contributed by atoms with Crippen LogP contribution in [0.5, 0.6) is 5.75 Å². The van der Waals surface area contributed by atoms with E-state index in [2.05, 4.69) is 19.9 Å². The van der Waals surface area contributed by atoms with Crippen molar-refractivity contribution in [3.8, 4) is 5.75 Å². The van der Waals surface area contributed by atoms with Gasteiger partial charge in [0.2, 0.25) is 0 Å². The summed E-state index contributed by atoms with van der Waals surface area (Å²) >= 11 is 0. The van der Waals surface area contributed by atoms with Gasteiger partial charge in [-0.05, 0) is 30.4 Å². The second-order valence-electron chi connectivity index (χ2n) is 4.72. The molecule has 0 unspecified atom stereocenters. The Bertz CT molecular complexity index is 378. The smallest absolute Gasteiger partial charge is 0.173 e. The van der Waals surface area contributed by atoms with Crippen LogP contribution < -0.4 is 4.74 Å². The van der Waals surface area contributed by atoms with Crippen LogP contribution in [0.25, 0.3) is 0 Å². The number of carbonyl (C=O) groups is 1. The van der Waals surface area contributed by atoms with E-state index in [9.17, 15) is 4.79 Å². The van der Waals surface area contributed by atoms with Crippen molar-refractivity contribution in [1.82, 2.24) is 0 Å². The van der Waals surface area contributed by atoms with E-state index in [4.69, 9.17) is 4.74 Å². The van der Waals surface area contributed by atoms with Gasteiger partial charge in [-0.15, -0.1) is 0 Å². The summed E-state index contributed by atoms with van der Waals surface area (Å²) in [4.78, 5) is 11.5. The second kappa shape index (κ2) is 4.69. The molecule has 1 aromatic rings. The molecule has 0 heterocycles. The summed E-state index contributed by atoms with van der Waals surface area (Å²) in [6, 6.07) is 7.95. The van der Waals surface area contributed by atoms with Gasteiger partial charge in [0.25, 0.3) is 0 Å². The zero-order valence-corrected chi connectivity index (χ0v) is 9.90. The number of carbonyl (C=O) groups excluding carboxylic acids is 1. The molecule has 1 saturated carbocycles. The molecule has 0 N–H and O–H groups in total. The number of rotatable bonds is 5. The number of benzene rings is 1. The summed E-state index contributed by atoms with van der Waals surface area (Å²) in [6.07, 6.45) is 2.10. The van der Waals surface area contributed by atoms with Crippen LogP contribution in [0.15, 0.2) is 24.3 Å². The Morgan fingerprint density at radius 1 is 1.38 bits per heavy atom. The Morgan fingerprint density at radius 3 is 2.69 bits per heavy atom. The minimum absolute atomic E-state index is 0.231. The molecule has 2 nitrogen and oxygen atoms in total. The van der Waals surface area contributed by atoms with Gasteiger partial charge in [-0.2, -0.15) is 0 Å². The number of Topliss-reactive ketones (excluding diaryl/α,β-unsaturated/α-hetero) is 1. The molecule has 0 radical (unpaired) electrons. The van der Waals surface area contributed by atoms with Gasteiger partial charge < -0.3 is 4.74 Å². The van der Waals surface area contributed by atoms with Crippen molar-refractivity contribution in [3.63, 3.8) is 0 Å². The topological polar surface area (TPSA) is 26.3 Å². The molecule has 0 aromatic heterocycles. The van der Waals surface area contributed by atoms with Gasteiger partial charge in [0, 0.05) is 5.92 Å². The van der Waals surface area contributed by atoms with Crippen molar-refractivity contribution in [2.24, 2.45) is 5.92 Å². The zero-order valence-electron chi connectivity index (χ0n) is 9.90. The van der Waals surface area contributed by atoms with Crippen molar-refractivity contribution in [2.75, 3.05) is 6.61 Å². The molecule has 16 heavy (non-hydrogen) atoms. The summed E-state index contributed by atoms with van der Waals surface area (Å²) in [7, 11) is 0. The third-order valence-corrected chi connectivity index (χ3v) is 2.94. The zero-order chi connectivity index (χ0) is 11.5. The molecule has 1 aliphatic carbocycles. The fourth-order valence-electron chi connectivity index (χ4n) is 1.76. The molecule has 1 fully saturated rings. The summed E-state index contributed by atoms with van der Waals surface area (Å²) in [5.41, 5.74) is 1.17. The lowest BCUT2D eigenvalue weighted by Crippen LogP contribution is -2.13. The number of hydrogen-bond acceptors (Lipinski definition) is 2. The Balaban J connectivity index is 1.99. The third kappa shape index (κ3) is 2.63. The molecule has 0 aliphatic heterocycles. The van der Waals surface area contributed by atoms with Crippen molar-refractivity contribution in [1.29, 1.82) is 0 Å². The maximum Gasteiger partial charge on any atom is 0.173 e. The van der Waals surface area contributed by atoms with E-state index in [0.717, 1.165) is 18.6 Å². The van der Waals surface area contributed by atoms with E-state index in [-0.39, 0.29) is 18.3 Å². The number of ketones is 1. The van der Waals surface area contributed by atoms with Crippen LogP contribution in [0, 0.1) is 5.92 Å². The highest BCUT2D eigenvalue weighted by molar-refractivity contribution is 5.84. The van der Waals surface area contributed by atoms with E-state index in [0.29, 0.717) is 5.92 Å². The molecule has 2 rings (SSSR count). The van der Waals surface area contributed by atoms with Crippen LogP contribution in [0.4, 0.5) is 0 Å². The molecule has 0 spiro atoms. The molecule has 0 saturated heterocycles. The highest BCUT2D eigenvalue weighted by Crippen LogP contribution is 2.31. The van der Waals surface area contributed by atoms with Gasteiger partial charge in [-0.3, -0.25) is 4.79 Å². The molecule has 0 atom stereocenters. The van der Waals surface area contributed by atoms with Crippen molar-refractivity contribution >= 4 is 5.78 Å². The monoisotopic (exact) mass is 218 g/mol. The van der Waals surface area contributed by atoms with Crippen LogP contribution in [0.3, 0.4) is 0 Å². The molecule has 2 heteroatoms. The molecule has 0 bridgehead atoms. The first kappa shape index (κ1) is 11.2. The standard InChI is InChI=1S/C14H18O2/c1-10(2)12-5-3-4-6-14(12)16-9-13(15)11-7-8-11/h3-6,10-11H,7-9H2,1-2H3. The summed E-state index contributed by atoms with van der Waals surface area (Å²) in [5.74, 6) is 1.81. The number of ether oxygens (including phenoxy) is 1. The maximum atomic E-state index is 11.5. The Labute approximate surface area is 96.6 Å². The van der Waals surface area contributed by atoms with Gasteiger partial charge in [0.1, 0.15) is 12.4 Å². The minimum atomic E-state index is 0.231. The van der Waals surface area contributed by atoms with Gasteiger partial charge in [-0.1, -0.05) is 32.0 Å². The van der Waals surface area contributed by atoms with Crippen molar-refractivity contribution in [2.45, 2.75) is 32.6 Å². The molecular formula is C14H18O2. The first-order chi connectivity index (χ1) is 7.68. The van der Waals surface area contributed by atoms with Crippen molar-refractivity contribution < 1.29 is 9.53 Å². The Kier molecular flexibility index (Phi) is 3.28. The van der Waals surface area contributed by atoms with Gasteiger partial charge in [0.05, 0.1) is 0 Å². The second-order valence-corrected chi connectivity index (χ2v) is 4.72. The van der Waals surface area contributed by atoms with E-state index >= 15 is 0 Å². The molecule has 86 valence electrons. The maximum absolute atomic E-state index is 11.5.